The number of nitrogens with zero attached hydrogens (tertiary/aromatic N) is 1. The van der Waals surface area contributed by atoms with Crippen LogP contribution in [0.15, 0.2) is 29.3 Å². The number of methoxy groups -OCH3 is 1. The van der Waals surface area contributed by atoms with Gasteiger partial charge in [-0.3, -0.25) is 9.79 Å². The number of hydrogen-bond donors (Lipinski definition) is 3. The van der Waals surface area contributed by atoms with Gasteiger partial charge in [-0.2, -0.15) is 0 Å². The van der Waals surface area contributed by atoms with Gasteiger partial charge in [0.2, 0.25) is 5.91 Å². The molecule has 3 N–H and O–H groups in total. The Morgan fingerprint density at radius 2 is 1.81 bits per heavy atom. The van der Waals surface area contributed by atoms with E-state index in [-0.39, 0.29) is 11.8 Å². The molecule has 0 bridgehead atoms. The maximum atomic E-state index is 11.6. The van der Waals surface area contributed by atoms with Crippen LogP contribution >= 0.6 is 0 Å². The first-order valence-electron chi connectivity index (χ1n) is 9.29. The van der Waals surface area contributed by atoms with Gasteiger partial charge in [-0.25, -0.2) is 0 Å². The Bertz CT molecular complexity index is 571. The molecule has 1 fully saturated rings. The van der Waals surface area contributed by atoms with E-state index in [9.17, 15) is 4.79 Å². The van der Waals surface area contributed by atoms with Crippen LogP contribution in [-0.2, 0) is 4.79 Å². The molecule has 1 aliphatic rings. The molecule has 1 aromatic rings. The molecule has 1 aromatic carbocycles. The lowest BCUT2D eigenvalue weighted by Gasteiger charge is -2.12. The summed E-state index contributed by atoms with van der Waals surface area (Å²) in [4.78, 5) is 16.1. The van der Waals surface area contributed by atoms with Crippen LogP contribution in [0.3, 0.4) is 0 Å². The maximum absolute atomic E-state index is 11.6. The molecular formula is C19H30N4O3. The van der Waals surface area contributed by atoms with Crippen molar-refractivity contribution < 1.29 is 14.3 Å². The fourth-order valence-corrected chi connectivity index (χ4v) is 2.32. The summed E-state index contributed by atoms with van der Waals surface area (Å²) in [7, 11) is 1.64. The van der Waals surface area contributed by atoms with E-state index < -0.39 is 0 Å². The second-order valence-electron chi connectivity index (χ2n) is 6.13. The second kappa shape index (κ2) is 11.2. The summed E-state index contributed by atoms with van der Waals surface area (Å²) >= 11 is 0. The van der Waals surface area contributed by atoms with Crippen LogP contribution in [0.4, 0.5) is 0 Å². The predicted molar refractivity (Wildman–Crippen MR) is 103 cm³/mol. The van der Waals surface area contributed by atoms with Crippen LogP contribution in [0, 0.1) is 5.92 Å². The number of hydrogen-bond acceptors (Lipinski definition) is 4. The lowest BCUT2D eigenvalue weighted by molar-refractivity contribution is -0.122. The van der Waals surface area contributed by atoms with E-state index in [1.807, 2.05) is 31.2 Å². The minimum Gasteiger partial charge on any atom is -0.497 e. The molecule has 0 aliphatic heterocycles. The van der Waals surface area contributed by atoms with Crippen molar-refractivity contribution in [2.45, 2.75) is 26.2 Å². The van der Waals surface area contributed by atoms with E-state index >= 15 is 0 Å². The molecule has 0 spiro atoms. The zero-order valence-corrected chi connectivity index (χ0v) is 15.7. The number of rotatable bonds is 11. The van der Waals surface area contributed by atoms with Gasteiger partial charge in [0, 0.05) is 38.5 Å². The van der Waals surface area contributed by atoms with Crippen molar-refractivity contribution in [2.75, 3.05) is 39.9 Å². The molecule has 0 heterocycles. The summed E-state index contributed by atoms with van der Waals surface area (Å²) in [5.41, 5.74) is 0. The number of benzene rings is 1. The fraction of sp³-hybridized carbons (Fsp3) is 0.579. The first kappa shape index (κ1) is 19.9. The smallest absolute Gasteiger partial charge is 0.223 e. The Kier molecular flexibility index (Phi) is 8.59. The van der Waals surface area contributed by atoms with Gasteiger partial charge in [0.15, 0.2) is 5.96 Å². The highest BCUT2D eigenvalue weighted by molar-refractivity contribution is 5.81. The monoisotopic (exact) mass is 362 g/mol. The van der Waals surface area contributed by atoms with Crippen molar-refractivity contribution in [2.24, 2.45) is 10.9 Å². The average Bonchev–Trinajstić information content (AvgIpc) is 3.50. The molecule has 0 atom stereocenters. The average molecular weight is 362 g/mol. The molecule has 26 heavy (non-hydrogen) atoms. The van der Waals surface area contributed by atoms with Crippen molar-refractivity contribution >= 4 is 11.9 Å². The summed E-state index contributed by atoms with van der Waals surface area (Å²) in [5, 5.41) is 9.36. The SMILES string of the molecule is CCNC(=NCCCOc1ccc(OC)cc1)NCCNC(=O)C1CC1. The Labute approximate surface area is 155 Å². The zero-order chi connectivity index (χ0) is 18.6. The van der Waals surface area contributed by atoms with E-state index in [0.29, 0.717) is 26.2 Å². The Morgan fingerprint density at radius 1 is 1.12 bits per heavy atom. The summed E-state index contributed by atoms with van der Waals surface area (Å²) in [6, 6.07) is 7.54. The summed E-state index contributed by atoms with van der Waals surface area (Å²) < 4.78 is 10.8. The van der Waals surface area contributed by atoms with Crippen molar-refractivity contribution in [1.29, 1.82) is 0 Å². The van der Waals surface area contributed by atoms with E-state index in [1.165, 1.54) is 0 Å². The minimum absolute atomic E-state index is 0.171. The van der Waals surface area contributed by atoms with Crippen LogP contribution in [0.25, 0.3) is 0 Å². The minimum atomic E-state index is 0.171. The van der Waals surface area contributed by atoms with E-state index in [2.05, 4.69) is 20.9 Å². The van der Waals surface area contributed by atoms with Gasteiger partial charge in [-0.1, -0.05) is 0 Å². The summed E-state index contributed by atoms with van der Waals surface area (Å²) in [6.45, 7) is 5.36. The molecule has 1 aliphatic carbocycles. The van der Waals surface area contributed by atoms with Gasteiger partial charge < -0.3 is 25.4 Å². The van der Waals surface area contributed by atoms with E-state index in [4.69, 9.17) is 9.47 Å². The number of carbonyl (C=O) groups is 1. The van der Waals surface area contributed by atoms with Crippen LogP contribution in [-0.4, -0.2) is 51.8 Å². The third kappa shape index (κ3) is 7.63. The highest BCUT2D eigenvalue weighted by Crippen LogP contribution is 2.28. The first-order valence-corrected chi connectivity index (χ1v) is 9.29. The van der Waals surface area contributed by atoms with Gasteiger partial charge in [-0.15, -0.1) is 0 Å². The predicted octanol–water partition coefficient (Wildman–Crippen LogP) is 1.55. The van der Waals surface area contributed by atoms with Gasteiger partial charge in [-0.05, 0) is 44.0 Å². The van der Waals surface area contributed by atoms with Gasteiger partial charge in [0.25, 0.3) is 0 Å². The summed E-state index contributed by atoms with van der Waals surface area (Å²) in [5.74, 6) is 2.83. The van der Waals surface area contributed by atoms with Crippen LogP contribution in [0.2, 0.25) is 0 Å². The molecule has 0 aromatic heterocycles. The number of nitrogens with one attached hydrogen (secondary N) is 3. The lowest BCUT2D eigenvalue weighted by atomic mass is 10.3. The number of carbonyl (C=O) groups excluding carboxylic acids is 1. The third-order valence-corrected chi connectivity index (χ3v) is 3.91. The molecule has 0 saturated heterocycles. The zero-order valence-electron chi connectivity index (χ0n) is 15.7. The molecule has 1 amide bonds. The van der Waals surface area contributed by atoms with Gasteiger partial charge >= 0.3 is 0 Å². The second-order valence-corrected chi connectivity index (χ2v) is 6.13. The standard InChI is InChI=1S/C19H30N4O3/c1-3-20-19(23-13-12-21-18(24)15-5-6-15)22-11-4-14-26-17-9-7-16(25-2)8-10-17/h7-10,15H,3-6,11-14H2,1-2H3,(H,21,24)(H2,20,22,23). The summed E-state index contributed by atoms with van der Waals surface area (Å²) in [6.07, 6.45) is 2.88. The van der Waals surface area contributed by atoms with Crippen molar-refractivity contribution in [3.05, 3.63) is 24.3 Å². The molecular weight excluding hydrogens is 332 g/mol. The van der Waals surface area contributed by atoms with Crippen LogP contribution < -0.4 is 25.4 Å². The van der Waals surface area contributed by atoms with Gasteiger partial charge in [0.05, 0.1) is 13.7 Å². The van der Waals surface area contributed by atoms with Crippen molar-refractivity contribution in [3.63, 3.8) is 0 Å². The fourth-order valence-electron chi connectivity index (χ4n) is 2.32. The quantitative estimate of drug-likeness (QED) is 0.316. The van der Waals surface area contributed by atoms with E-state index in [0.717, 1.165) is 43.3 Å². The number of guanidine groups is 1. The molecule has 0 radical (unpaired) electrons. The first-order chi connectivity index (χ1) is 12.7. The molecule has 144 valence electrons. The largest absolute Gasteiger partial charge is 0.497 e. The third-order valence-electron chi connectivity index (χ3n) is 3.91. The van der Waals surface area contributed by atoms with Crippen molar-refractivity contribution in [1.82, 2.24) is 16.0 Å². The number of amides is 1. The van der Waals surface area contributed by atoms with Crippen molar-refractivity contribution in [3.8, 4) is 11.5 Å². The van der Waals surface area contributed by atoms with Crippen LogP contribution in [0.5, 0.6) is 11.5 Å². The molecule has 1 saturated carbocycles. The number of ether oxygens (including phenoxy) is 2. The molecule has 0 unspecified atom stereocenters. The topological polar surface area (TPSA) is 84.0 Å². The lowest BCUT2D eigenvalue weighted by Crippen LogP contribution is -2.41. The Hall–Kier alpha value is -2.44. The Morgan fingerprint density at radius 3 is 2.46 bits per heavy atom. The molecule has 7 nitrogen and oxygen atoms in total. The van der Waals surface area contributed by atoms with E-state index in [1.54, 1.807) is 7.11 Å². The highest BCUT2D eigenvalue weighted by atomic mass is 16.5. The molecule has 7 heteroatoms. The molecule has 2 rings (SSSR count). The van der Waals surface area contributed by atoms with Crippen LogP contribution in [0.1, 0.15) is 26.2 Å². The maximum Gasteiger partial charge on any atom is 0.223 e. The normalized spacial score (nSPS) is 13.8. The number of aliphatic imine (C=N–C) groups is 1. The van der Waals surface area contributed by atoms with Gasteiger partial charge in [0.1, 0.15) is 11.5 Å². The Balaban J connectivity index is 1.59. The highest BCUT2D eigenvalue weighted by Gasteiger charge is 2.28.